The predicted molar refractivity (Wildman–Crippen MR) is 255 cm³/mol. The van der Waals surface area contributed by atoms with Gasteiger partial charge >= 0.3 is 0 Å². The molecule has 66 heavy (non-hydrogen) atoms. The molecule has 5 heterocycles. The van der Waals surface area contributed by atoms with Gasteiger partial charge in [-0.3, -0.25) is 29.4 Å². The number of hydrogen-bond acceptors (Lipinski definition) is 14. The molecule has 0 aliphatic carbocycles. The zero-order valence-electron chi connectivity index (χ0n) is 38.3. The van der Waals surface area contributed by atoms with Crippen LogP contribution in [0.4, 0.5) is 28.8 Å². The third-order valence-corrected chi connectivity index (χ3v) is 14.8. The van der Waals surface area contributed by atoms with E-state index in [4.69, 9.17) is 15.2 Å². The number of rotatable bonds is 17. The average Bonchev–Trinajstić information content (AvgIpc) is 3.64. The van der Waals surface area contributed by atoms with Gasteiger partial charge in [-0.15, -0.1) is 0 Å². The third-order valence-electron chi connectivity index (χ3n) is 13.2. The second kappa shape index (κ2) is 20.2. The lowest BCUT2D eigenvalue weighted by Crippen LogP contribution is -2.53. The fraction of sp³-hybridized carbons (Fsp3) is 0.458. The van der Waals surface area contributed by atoms with Gasteiger partial charge in [-0.2, -0.15) is 4.98 Å². The van der Waals surface area contributed by atoms with Crippen molar-refractivity contribution < 1.29 is 33.2 Å². The van der Waals surface area contributed by atoms with E-state index in [9.17, 15) is 23.7 Å². The summed E-state index contributed by atoms with van der Waals surface area (Å²) in [7, 11) is -1.01. The Labute approximate surface area is 386 Å². The largest absolute Gasteiger partial charge is 0.494 e. The number of aromatic nitrogens is 2. The van der Waals surface area contributed by atoms with Gasteiger partial charge in [0, 0.05) is 86.1 Å². The molecule has 17 nitrogen and oxygen atoms in total. The molecule has 8 rings (SSSR count). The summed E-state index contributed by atoms with van der Waals surface area (Å²) in [5.74, 6) is 0.182. The van der Waals surface area contributed by atoms with E-state index in [2.05, 4.69) is 59.7 Å². The van der Waals surface area contributed by atoms with Crippen LogP contribution in [0.25, 0.3) is 0 Å². The molecule has 18 heteroatoms. The van der Waals surface area contributed by atoms with E-state index >= 15 is 0 Å². The first-order valence-electron chi connectivity index (χ1n) is 23.0. The molecule has 1 aromatic heterocycles. The number of aryl methyl sites for hydroxylation is 1. The fourth-order valence-electron chi connectivity index (χ4n) is 9.61. The van der Waals surface area contributed by atoms with E-state index in [1.165, 1.54) is 6.20 Å². The number of carbonyl (C=O) groups excluding carboxylic acids is 4. The van der Waals surface area contributed by atoms with Crippen molar-refractivity contribution >= 4 is 64.9 Å². The Kier molecular flexibility index (Phi) is 14.3. The maximum absolute atomic E-state index is 13.2. The maximum Gasteiger partial charge on any atom is 0.255 e. The third kappa shape index (κ3) is 10.3. The Morgan fingerprint density at radius 2 is 1.70 bits per heavy atom. The van der Waals surface area contributed by atoms with Crippen molar-refractivity contribution in [3.8, 4) is 11.5 Å². The van der Waals surface area contributed by atoms with Crippen LogP contribution in [0.15, 0.2) is 60.8 Å². The second-order valence-electron chi connectivity index (χ2n) is 17.8. The van der Waals surface area contributed by atoms with Crippen LogP contribution in [-0.4, -0.2) is 133 Å². The molecule has 3 fully saturated rings. The first kappa shape index (κ1) is 46.5. The molecule has 4 aliphatic heterocycles. The van der Waals surface area contributed by atoms with Gasteiger partial charge in [-0.1, -0.05) is 25.1 Å². The van der Waals surface area contributed by atoms with Crippen LogP contribution in [0, 0.1) is 0 Å². The maximum atomic E-state index is 13.2. The number of carbonyl (C=O) groups is 4. The molecule has 5 N–H and O–H groups in total. The molecule has 3 aromatic carbocycles. The van der Waals surface area contributed by atoms with Crippen LogP contribution in [-0.2, 0) is 27.1 Å². The summed E-state index contributed by atoms with van der Waals surface area (Å²) in [6.07, 6.45) is 6.81. The van der Waals surface area contributed by atoms with E-state index in [0.29, 0.717) is 59.4 Å². The van der Waals surface area contributed by atoms with Gasteiger partial charge in [0.1, 0.15) is 36.1 Å². The normalized spacial score (nSPS) is 18.5. The molecule has 0 bridgehead atoms. The van der Waals surface area contributed by atoms with Crippen LogP contribution < -0.4 is 41.4 Å². The molecule has 4 aromatic rings. The van der Waals surface area contributed by atoms with Crippen molar-refractivity contribution in [2.45, 2.75) is 70.5 Å². The van der Waals surface area contributed by atoms with Gasteiger partial charge in [-0.25, -0.2) is 4.98 Å². The molecule has 1 atom stereocenters. The molecule has 350 valence electrons. The summed E-state index contributed by atoms with van der Waals surface area (Å²) in [6, 6.07) is 16.8. The number of fused-ring (bicyclic) bond motifs is 1. The van der Waals surface area contributed by atoms with Gasteiger partial charge in [0.2, 0.25) is 17.8 Å². The van der Waals surface area contributed by atoms with Gasteiger partial charge in [-0.05, 0) is 94.3 Å². The summed E-state index contributed by atoms with van der Waals surface area (Å²) >= 11 is 0. The number of methoxy groups -OCH3 is 1. The van der Waals surface area contributed by atoms with Crippen molar-refractivity contribution in [3.63, 3.8) is 0 Å². The lowest BCUT2D eigenvalue weighted by molar-refractivity contribution is -0.136. The summed E-state index contributed by atoms with van der Waals surface area (Å²) in [6.45, 7) is 13.4. The molecular weight excluding hydrogens is 860 g/mol. The monoisotopic (exact) mass is 920 g/mol. The molecule has 4 amide bonds. The minimum atomic E-state index is -2.65. The SMILES string of the molecule is CCc1cc(Nc2ncc(C(N)=O)c(Nc3ccccc3P(C)(C)=O)n2)c(OC)cc1N1CCC(N2CCN(CCCCOc3cccc4c3CN(C3CCC(=O)NC3=O)C4=O)CC2)CC1. The molecule has 3 saturated heterocycles. The number of benzene rings is 3. The number of amides is 4. The predicted octanol–water partition coefficient (Wildman–Crippen LogP) is 5.09. The number of nitrogens with zero attached hydrogens (tertiary/aromatic N) is 6. The highest BCUT2D eigenvalue weighted by Gasteiger charge is 2.40. The van der Waals surface area contributed by atoms with Crippen LogP contribution in [0.5, 0.6) is 11.5 Å². The molecular formula is C48H61N10O7P. The van der Waals surface area contributed by atoms with E-state index in [1.54, 1.807) is 43.5 Å². The minimum Gasteiger partial charge on any atom is -0.494 e. The van der Waals surface area contributed by atoms with Gasteiger partial charge in [0.05, 0.1) is 31.6 Å². The summed E-state index contributed by atoms with van der Waals surface area (Å²) in [5, 5.41) is 9.49. The van der Waals surface area contributed by atoms with Gasteiger partial charge in [0.25, 0.3) is 11.8 Å². The summed E-state index contributed by atoms with van der Waals surface area (Å²) < 4.78 is 25.2. The zero-order chi connectivity index (χ0) is 46.5. The number of para-hydroxylation sites is 1. The van der Waals surface area contributed by atoms with E-state index < -0.39 is 25.0 Å². The lowest BCUT2D eigenvalue weighted by atomic mass is 9.99. The Balaban J connectivity index is 0.804. The summed E-state index contributed by atoms with van der Waals surface area (Å²) in [4.78, 5) is 68.0. The van der Waals surface area contributed by atoms with Crippen LogP contribution in [0.1, 0.15) is 77.3 Å². The van der Waals surface area contributed by atoms with Crippen molar-refractivity contribution in [2.75, 3.05) is 88.4 Å². The Bertz CT molecular complexity index is 2520. The molecule has 1 unspecified atom stereocenters. The highest BCUT2D eigenvalue weighted by Crippen LogP contribution is 2.40. The van der Waals surface area contributed by atoms with E-state index in [0.717, 1.165) is 94.7 Å². The van der Waals surface area contributed by atoms with Crippen molar-refractivity contribution in [1.29, 1.82) is 0 Å². The molecule has 4 aliphatic rings. The van der Waals surface area contributed by atoms with E-state index in [-0.39, 0.29) is 35.6 Å². The zero-order valence-corrected chi connectivity index (χ0v) is 39.2. The Hall–Kier alpha value is -6.03. The minimum absolute atomic E-state index is 0.106. The number of hydrogen-bond donors (Lipinski definition) is 4. The highest BCUT2D eigenvalue weighted by atomic mass is 31.2. The van der Waals surface area contributed by atoms with E-state index in [1.807, 2.05) is 24.3 Å². The number of unbranched alkanes of at least 4 members (excludes halogenated alkanes) is 1. The average molecular weight is 921 g/mol. The lowest BCUT2D eigenvalue weighted by Gasteiger charge is -2.43. The first-order chi connectivity index (χ1) is 31.8. The van der Waals surface area contributed by atoms with Gasteiger partial charge in [0.15, 0.2) is 0 Å². The number of nitrogens with one attached hydrogen (secondary N) is 3. The van der Waals surface area contributed by atoms with Crippen molar-refractivity contribution in [3.05, 3.63) is 83.0 Å². The standard InChI is InChI=1S/C48H61N10O7P/c1-5-31-27-37(52-48-50-29-34(44(49)60)45(54-48)51-36-12-6-7-14-42(36)66(3,4)63)41(64-2)28-39(31)57-20-17-32(18-21-57)56-24-22-55(23-25-56)19-8-9-26-65-40-13-10-11-33-35(40)30-58(47(33)62)38-15-16-43(59)53-46(38)61/h6-7,10-14,27-29,32,38H,5,8-9,15-26,30H2,1-4H3,(H2,49,60)(H,53,59,61)(H2,50,51,52,54). The number of nitrogens with two attached hydrogens (primary N) is 1. The second-order valence-corrected chi connectivity index (χ2v) is 21.0. The number of primary amides is 1. The van der Waals surface area contributed by atoms with Crippen molar-refractivity contribution in [2.24, 2.45) is 5.73 Å². The number of imide groups is 1. The topological polar surface area (TPSA) is 205 Å². The van der Waals surface area contributed by atoms with Crippen LogP contribution in [0.2, 0.25) is 0 Å². The Morgan fingerprint density at radius 3 is 2.41 bits per heavy atom. The van der Waals surface area contributed by atoms with Crippen LogP contribution in [0.3, 0.4) is 0 Å². The molecule has 0 saturated carbocycles. The highest BCUT2D eigenvalue weighted by molar-refractivity contribution is 7.70. The van der Waals surface area contributed by atoms with Gasteiger partial charge < -0.3 is 45.1 Å². The number of ether oxygens (including phenoxy) is 2. The smallest absolute Gasteiger partial charge is 0.255 e. The molecule has 0 spiro atoms. The fourth-order valence-corrected chi connectivity index (χ4v) is 10.8. The quantitative estimate of drug-likeness (QED) is 0.0620. The number of piperazine rings is 1. The van der Waals surface area contributed by atoms with Crippen molar-refractivity contribution in [1.82, 2.24) is 30.0 Å². The summed E-state index contributed by atoms with van der Waals surface area (Å²) in [5.41, 5.74) is 10.8. The number of piperidine rings is 2. The Morgan fingerprint density at radius 1 is 0.924 bits per heavy atom. The van der Waals surface area contributed by atoms with Crippen LogP contribution >= 0.6 is 7.14 Å². The molecule has 0 radical (unpaired) electrons. The first-order valence-corrected chi connectivity index (χ1v) is 25.6. The number of anilines is 5.